The van der Waals surface area contributed by atoms with Gasteiger partial charge in [0.25, 0.3) is 0 Å². The molecule has 0 radical (unpaired) electrons. The Hall–Kier alpha value is -6.64. The third kappa shape index (κ3) is 5.17. The molecule has 0 N–H and O–H groups in total. The quantitative estimate of drug-likeness (QED) is 0.174. The van der Waals surface area contributed by atoms with Crippen LogP contribution >= 0.6 is 0 Å². The fourth-order valence-corrected chi connectivity index (χ4v) is 8.62. The van der Waals surface area contributed by atoms with Gasteiger partial charge in [-0.3, -0.25) is 0 Å². The van der Waals surface area contributed by atoms with Crippen LogP contribution in [0, 0.1) is 0 Å². The summed E-state index contributed by atoms with van der Waals surface area (Å²) in [5, 5.41) is 5.03. The fourth-order valence-electron chi connectivity index (χ4n) is 8.62. The first-order chi connectivity index (χ1) is 26.4. The highest BCUT2D eigenvalue weighted by atomic mass is 15.0. The van der Waals surface area contributed by atoms with Gasteiger partial charge in [-0.1, -0.05) is 136 Å². The number of aromatic nitrogens is 2. The zero-order valence-corrected chi connectivity index (χ0v) is 30.6. The lowest BCUT2D eigenvalue weighted by Crippen LogP contribution is -2.18. The van der Waals surface area contributed by atoms with E-state index < -0.39 is 0 Å². The molecule has 0 spiro atoms. The molecule has 10 rings (SSSR count). The second-order valence-electron chi connectivity index (χ2n) is 15.2. The van der Waals surface area contributed by atoms with Gasteiger partial charge in [-0.2, -0.15) is 0 Å². The molecule has 7 aromatic carbocycles. The Balaban J connectivity index is 1.06. The molecule has 2 heterocycles. The Kier molecular flexibility index (Phi) is 7.42. The molecule has 0 unspecified atom stereocenters. The lowest BCUT2D eigenvalue weighted by atomic mass is 9.77. The number of hydrogen-bond acceptors (Lipinski definition) is 0. The van der Waals surface area contributed by atoms with Crippen LogP contribution < -0.4 is 0 Å². The highest BCUT2D eigenvalue weighted by Gasteiger charge is 2.24. The van der Waals surface area contributed by atoms with E-state index >= 15 is 0 Å². The average Bonchev–Trinajstić information content (AvgIpc) is 3.74. The van der Waals surface area contributed by atoms with Crippen molar-refractivity contribution in [1.29, 1.82) is 0 Å². The molecule has 2 aromatic heterocycles. The smallest absolute Gasteiger partial charge is 0.0541 e. The first-order valence-corrected chi connectivity index (χ1v) is 18.8. The van der Waals surface area contributed by atoms with Crippen LogP contribution in [0.1, 0.15) is 31.4 Å². The number of hydrogen-bond donors (Lipinski definition) is 0. The number of benzene rings is 7. The zero-order chi connectivity index (χ0) is 36.4. The summed E-state index contributed by atoms with van der Waals surface area (Å²) in [6.07, 6.45) is 9.59. The molecule has 1 aliphatic carbocycles. The van der Waals surface area contributed by atoms with E-state index in [4.69, 9.17) is 0 Å². The minimum Gasteiger partial charge on any atom is -0.309 e. The van der Waals surface area contributed by atoms with E-state index in [0.29, 0.717) is 0 Å². The fraction of sp³-hybridized carbons (Fsp3) is 0.0769. The maximum Gasteiger partial charge on any atom is 0.0541 e. The highest BCUT2D eigenvalue weighted by molar-refractivity contribution is 6.12. The number of nitrogens with zero attached hydrogens (tertiary/aromatic N) is 2. The Bertz CT molecular complexity index is 2980. The third-order valence-corrected chi connectivity index (χ3v) is 11.4. The standard InChI is InChI=1S/C52H40N2/c1-35-14-6-5-13-31-52(2,3)47-34-39(23-28-42(35)47)36-21-26-41(27-22-36)54-49-20-12-10-18-44(49)46-33-38(25-30-51(46)54)37-24-29-50-45(32-37)43-17-9-11-19-48(43)53(50)40-15-7-4-8-16-40/h4-30,32-34H,1,31H2,2-3H3/b13-5-,14-6-. The Morgan fingerprint density at radius 3 is 1.59 bits per heavy atom. The van der Waals surface area contributed by atoms with E-state index in [-0.39, 0.29) is 5.41 Å². The van der Waals surface area contributed by atoms with E-state index in [9.17, 15) is 0 Å². The SMILES string of the molecule is C=C1/C=C\C=C/CC(C)(C)c2cc(-c3ccc(-n4c5ccccc5c5cc(-c6ccc7c(c6)c6ccccc6n7-c6ccccc6)ccc54)cc3)ccc21. The molecule has 2 heteroatoms. The van der Waals surface area contributed by atoms with Gasteiger partial charge in [-0.05, 0) is 118 Å². The minimum atomic E-state index is -0.00857. The molecule has 2 nitrogen and oxygen atoms in total. The molecule has 0 atom stereocenters. The molecule has 0 saturated carbocycles. The lowest BCUT2D eigenvalue weighted by Gasteiger charge is -2.27. The van der Waals surface area contributed by atoms with Gasteiger partial charge in [0.1, 0.15) is 0 Å². The van der Waals surface area contributed by atoms with Gasteiger partial charge in [0, 0.05) is 32.9 Å². The molecule has 258 valence electrons. The summed E-state index contributed by atoms with van der Waals surface area (Å²) in [5.41, 5.74) is 15.6. The number of fused-ring (bicyclic) bond motifs is 7. The van der Waals surface area contributed by atoms with Gasteiger partial charge in [0.2, 0.25) is 0 Å². The van der Waals surface area contributed by atoms with Gasteiger partial charge in [0.15, 0.2) is 0 Å². The normalized spacial score (nSPS) is 15.3. The van der Waals surface area contributed by atoms with Crippen molar-refractivity contribution >= 4 is 49.2 Å². The van der Waals surface area contributed by atoms with Crippen molar-refractivity contribution in [3.8, 4) is 33.6 Å². The number of para-hydroxylation sites is 3. The van der Waals surface area contributed by atoms with Crippen LogP contribution in [0.4, 0.5) is 0 Å². The summed E-state index contributed by atoms with van der Waals surface area (Å²) >= 11 is 0. The van der Waals surface area contributed by atoms with Crippen LogP contribution in [0.5, 0.6) is 0 Å². The van der Waals surface area contributed by atoms with Gasteiger partial charge in [0.05, 0.1) is 22.1 Å². The number of allylic oxidation sites excluding steroid dienone is 5. The van der Waals surface area contributed by atoms with Crippen LogP contribution in [0.3, 0.4) is 0 Å². The lowest BCUT2D eigenvalue weighted by molar-refractivity contribution is 0.533. The summed E-state index contributed by atoms with van der Waals surface area (Å²) in [5.74, 6) is 0. The second kappa shape index (κ2) is 12.5. The van der Waals surface area contributed by atoms with Crippen molar-refractivity contribution in [2.75, 3.05) is 0 Å². The molecule has 0 amide bonds. The first-order valence-electron chi connectivity index (χ1n) is 18.8. The maximum absolute atomic E-state index is 4.39. The van der Waals surface area contributed by atoms with Gasteiger partial charge in [-0.15, -0.1) is 0 Å². The van der Waals surface area contributed by atoms with E-state index in [1.165, 1.54) is 82.7 Å². The molecule has 0 fully saturated rings. The molecule has 0 aliphatic heterocycles. The summed E-state index contributed by atoms with van der Waals surface area (Å²) in [4.78, 5) is 0. The van der Waals surface area contributed by atoms with Crippen molar-refractivity contribution in [3.63, 3.8) is 0 Å². The summed E-state index contributed by atoms with van der Waals surface area (Å²) < 4.78 is 4.78. The van der Waals surface area contributed by atoms with E-state index in [0.717, 1.165) is 17.7 Å². The van der Waals surface area contributed by atoms with Crippen LogP contribution in [-0.2, 0) is 5.41 Å². The first kappa shape index (κ1) is 32.0. The topological polar surface area (TPSA) is 9.86 Å². The van der Waals surface area contributed by atoms with E-state index in [1.807, 2.05) is 0 Å². The van der Waals surface area contributed by atoms with Crippen LogP contribution in [0.15, 0.2) is 189 Å². The molecule has 0 saturated heterocycles. The van der Waals surface area contributed by atoms with Gasteiger partial charge < -0.3 is 9.13 Å². The van der Waals surface area contributed by atoms with E-state index in [2.05, 4.69) is 212 Å². The summed E-state index contributed by atoms with van der Waals surface area (Å²) in [6.45, 7) is 9.05. The molecular formula is C52H40N2. The van der Waals surface area contributed by atoms with Crippen molar-refractivity contribution in [1.82, 2.24) is 9.13 Å². The van der Waals surface area contributed by atoms with Crippen molar-refractivity contribution in [2.45, 2.75) is 25.7 Å². The van der Waals surface area contributed by atoms with Crippen molar-refractivity contribution in [2.24, 2.45) is 0 Å². The second-order valence-corrected chi connectivity index (χ2v) is 15.2. The molecule has 54 heavy (non-hydrogen) atoms. The Morgan fingerprint density at radius 1 is 0.463 bits per heavy atom. The van der Waals surface area contributed by atoms with Crippen LogP contribution in [0.25, 0.3) is 82.8 Å². The minimum absolute atomic E-state index is 0.00857. The Labute approximate surface area is 316 Å². The van der Waals surface area contributed by atoms with Crippen LogP contribution in [-0.4, -0.2) is 9.13 Å². The zero-order valence-electron chi connectivity index (χ0n) is 30.6. The monoisotopic (exact) mass is 692 g/mol. The van der Waals surface area contributed by atoms with Crippen molar-refractivity contribution in [3.05, 3.63) is 200 Å². The molecule has 1 aliphatic rings. The predicted octanol–water partition coefficient (Wildman–Crippen LogP) is 14.0. The van der Waals surface area contributed by atoms with Crippen LogP contribution in [0.2, 0.25) is 0 Å². The Morgan fingerprint density at radius 2 is 0.963 bits per heavy atom. The molecule has 0 bridgehead atoms. The molecular weight excluding hydrogens is 653 g/mol. The van der Waals surface area contributed by atoms with E-state index in [1.54, 1.807) is 0 Å². The van der Waals surface area contributed by atoms with Gasteiger partial charge in [-0.25, -0.2) is 0 Å². The number of rotatable bonds is 4. The summed E-state index contributed by atoms with van der Waals surface area (Å²) in [6, 6.07) is 58.0. The maximum atomic E-state index is 4.39. The molecule has 9 aromatic rings. The summed E-state index contributed by atoms with van der Waals surface area (Å²) in [7, 11) is 0. The third-order valence-electron chi connectivity index (χ3n) is 11.4. The predicted molar refractivity (Wildman–Crippen MR) is 231 cm³/mol. The van der Waals surface area contributed by atoms with Gasteiger partial charge >= 0.3 is 0 Å². The highest BCUT2D eigenvalue weighted by Crippen LogP contribution is 2.40. The largest absolute Gasteiger partial charge is 0.309 e. The van der Waals surface area contributed by atoms with Crippen molar-refractivity contribution < 1.29 is 0 Å². The average molecular weight is 693 g/mol.